The summed E-state index contributed by atoms with van der Waals surface area (Å²) in [6, 6.07) is 25.3. The summed E-state index contributed by atoms with van der Waals surface area (Å²) < 4.78 is 0. The zero-order valence-corrected chi connectivity index (χ0v) is 17.7. The van der Waals surface area contributed by atoms with Gasteiger partial charge in [0, 0.05) is 12.2 Å². The van der Waals surface area contributed by atoms with Crippen LogP contribution in [-0.4, -0.2) is 18.4 Å². The van der Waals surface area contributed by atoms with Crippen molar-refractivity contribution in [2.45, 2.75) is 26.2 Å². The van der Waals surface area contributed by atoms with E-state index in [9.17, 15) is 9.59 Å². The van der Waals surface area contributed by atoms with E-state index in [1.54, 1.807) is 0 Å². The van der Waals surface area contributed by atoms with E-state index in [-0.39, 0.29) is 11.8 Å². The lowest BCUT2D eigenvalue weighted by molar-refractivity contribution is -0.120. The zero-order chi connectivity index (χ0) is 21.5. The summed E-state index contributed by atoms with van der Waals surface area (Å²) in [6.07, 6.45) is 0.853. The van der Waals surface area contributed by atoms with Gasteiger partial charge >= 0.3 is 0 Å². The highest BCUT2D eigenvalue weighted by Crippen LogP contribution is 2.40. The minimum atomic E-state index is -0.270. The number of hydrogen-bond acceptors (Lipinski definition) is 3. The second-order valence-corrected chi connectivity index (χ2v) is 8.31. The van der Waals surface area contributed by atoms with Crippen molar-refractivity contribution in [3.05, 3.63) is 101 Å². The quantitative estimate of drug-likeness (QED) is 0.560. The first-order valence-corrected chi connectivity index (χ1v) is 10.7. The maximum absolute atomic E-state index is 13.7. The number of nitrogens with zero attached hydrogens (tertiary/aromatic N) is 2. The van der Waals surface area contributed by atoms with Crippen molar-refractivity contribution >= 4 is 28.8 Å². The summed E-state index contributed by atoms with van der Waals surface area (Å²) in [5, 5.41) is 0. The van der Waals surface area contributed by atoms with Gasteiger partial charge in [0.15, 0.2) is 0 Å². The molecule has 31 heavy (non-hydrogen) atoms. The zero-order valence-electron chi connectivity index (χ0n) is 17.7. The molecule has 2 heterocycles. The summed E-state index contributed by atoms with van der Waals surface area (Å²) >= 11 is 0. The van der Waals surface area contributed by atoms with Crippen molar-refractivity contribution in [2.75, 3.05) is 16.3 Å². The summed E-state index contributed by atoms with van der Waals surface area (Å²) in [5.74, 6) is -0.153. The number of amides is 2. The molecule has 2 aliphatic rings. The molecule has 0 bridgehead atoms. The molecular formula is C27H24N2O2. The molecule has 0 aliphatic carbocycles. The second kappa shape index (κ2) is 7.55. The van der Waals surface area contributed by atoms with Crippen molar-refractivity contribution in [1.29, 1.82) is 0 Å². The SMILES string of the molecule is CC(C)c1ccc(N2C(=O)C(c3ccccc3)=C(N3CCc4ccccc43)C2=O)cc1. The number of rotatable bonds is 4. The van der Waals surface area contributed by atoms with Crippen LogP contribution < -0.4 is 9.80 Å². The fraction of sp³-hybridized carbons (Fsp3) is 0.185. The molecule has 0 N–H and O–H groups in total. The third-order valence-electron chi connectivity index (χ3n) is 6.10. The van der Waals surface area contributed by atoms with Gasteiger partial charge in [-0.05, 0) is 47.2 Å². The van der Waals surface area contributed by atoms with E-state index in [0.717, 1.165) is 17.7 Å². The van der Waals surface area contributed by atoms with Crippen molar-refractivity contribution in [3.8, 4) is 0 Å². The van der Waals surface area contributed by atoms with Crippen LogP contribution >= 0.6 is 0 Å². The van der Waals surface area contributed by atoms with Crippen molar-refractivity contribution in [1.82, 2.24) is 0 Å². The number of anilines is 2. The molecule has 0 spiro atoms. The Morgan fingerprint density at radius 1 is 0.774 bits per heavy atom. The number of para-hydroxylation sites is 1. The Kier molecular flexibility index (Phi) is 4.70. The Labute approximate surface area is 182 Å². The number of carbonyl (C=O) groups excluding carboxylic acids is 2. The Bertz CT molecular complexity index is 1190. The molecule has 3 aromatic rings. The van der Waals surface area contributed by atoms with Crippen LogP contribution in [0, 0.1) is 0 Å². The molecule has 0 aromatic heterocycles. The largest absolute Gasteiger partial charge is 0.336 e. The van der Waals surface area contributed by atoms with Gasteiger partial charge in [-0.25, -0.2) is 4.90 Å². The Hall–Kier alpha value is -3.66. The first kappa shape index (κ1) is 19.3. The van der Waals surface area contributed by atoms with Gasteiger partial charge in [0.05, 0.1) is 11.3 Å². The molecule has 3 aromatic carbocycles. The smallest absolute Gasteiger partial charge is 0.282 e. The van der Waals surface area contributed by atoms with Gasteiger partial charge in [0.25, 0.3) is 11.8 Å². The third kappa shape index (κ3) is 3.15. The van der Waals surface area contributed by atoms with Crippen LogP contribution in [0.2, 0.25) is 0 Å². The molecule has 154 valence electrons. The van der Waals surface area contributed by atoms with E-state index < -0.39 is 0 Å². The predicted octanol–water partition coefficient (Wildman–Crippen LogP) is 5.16. The first-order valence-electron chi connectivity index (χ1n) is 10.7. The number of hydrogen-bond donors (Lipinski definition) is 0. The third-order valence-corrected chi connectivity index (χ3v) is 6.10. The molecule has 4 heteroatoms. The molecule has 2 aliphatic heterocycles. The van der Waals surface area contributed by atoms with Gasteiger partial charge in [0.1, 0.15) is 5.70 Å². The Balaban J connectivity index is 1.63. The molecule has 0 radical (unpaired) electrons. The average molecular weight is 409 g/mol. The highest BCUT2D eigenvalue weighted by atomic mass is 16.2. The standard InChI is InChI=1S/C27H24N2O2/c1-18(2)19-12-14-22(15-13-19)29-26(30)24(21-9-4-3-5-10-21)25(27(29)31)28-17-16-20-8-6-7-11-23(20)28/h3-15,18H,16-17H2,1-2H3. The monoisotopic (exact) mass is 408 g/mol. The van der Waals surface area contributed by atoms with Gasteiger partial charge < -0.3 is 4.90 Å². The van der Waals surface area contributed by atoms with E-state index in [1.165, 1.54) is 16.0 Å². The fourth-order valence-corrected chi connectivity index (χ4v) is 4.45. The minimum absolute atomic E-state index is 0.266. The molecule has 5 rings (SSSR count). The summed E-state index contributed by atoms with van der Waals surface area (Å²) in [7, 11) is 0. The van der Waals surface area contributed by atoms with E-state index in [2.05, 4.69) is 19.9 Å². The van der Waals surface area contributed by atoms with Gasteiger partial charge in [-0.2, -0.15) is 0 Å². The lowest BCUT2D eigenvalue weighted by Gasteiger charge is -2.22. The van der Waals surface area contributed by atoms with Gasteiger partial charge in [0.2, 0.25) is 0 Å². The molecule has 4 nitrogen and oxygen atoms in total. The van der Waals surface area contributed by atoms with Crippen LogP contribution in [-0.2, 0) is 16.0 Å². The molecule has 0 atom stereocenters. The van der Waals surface area contributed by atoms with Crippen LogP contribution in [0.5, 0.6) is 0 Å². The van der Waals surface area contributed by atoms with Crippen LogP contribution in [0.4, 0.5) is 11.4 Å². The number of carbonyl (C=O) groups is 2. The molecule has 0 saturated carbocycles. The average Bonchev–Trinajstić information content (AvgIpc) is 3.32. The first-order chi connectivity index (χ1) is 15.1. The van der Waals surface area contributed by atoms with Crippen molar-refractivity contribution < 1.29 is 9.59 Å². The second-order valence-electron chi connectivity index (χ2n) is 8.31. The molecule has 0 unspecified atom stereocenters. The van der Waals surface area contributed by atoms with Gasteiger partial charge in [-0.1, -0.05) is 74.5 Å². The predicted molar refractivity (Wildman–Crippen MR) is 124 cm³/mol. The van der Waals surface area contributed by atoms with E-state index >= 15 is 0 Å². The lowest BCUT2D eigenvalue weighted by atomic mass is 10.0. The Morgan fingerprint density at radius 3 is 2.16 bits per heavy atom. The fourth-order valence-electron chi connectivity index (χ4n) is 4.45. The number of imide groups is 1. The maximum Gasteiger partial charge on any atom is 0.282 e. The summed E-state index contributed by atoms with van der Waals surface area (Å²) in [6.45, 7) is 4.93. The lowest BCUT2D eigenvalue weighted by Crippen LogP contribution is -2.34. The molecular weight excluding hydrogens is 384 g/mol. The van der Waals surface area contributed by atoms with E-state index in [1.807, 2.05) is 77.7 Å². The van der Waals surface area contributed by atoms with Gasteiger partial charge in [-0.3, -0.25) is 9.59 Å². The minimum Gasteiger partial charge on any atom is -0.336 e. The summed E-state index contributed by atoms with van der Waals surface area (Å²) in [5.41, 5.74) is 5.68. The topological polar surface area (TPSA) is 40.6 Å². The number of fused-ring (bicyclic) bond motifs is 1. The normalized spacial score (nSPS) is 16.0. The number of benzene rings is 3. The van der Waals surface area contributed by atoms with E-state index in [4.69, 9.17) is 0 Å². The van der Waals surface area contributed by atoms with Crippen LogP contribution in [0.1, 0.15) is 36.5 Å². The van der Waals surface area contributed by atoms with Crippen LogP contribution in [0.3, 0.4) is 0 Å². The van der Waals surface area contributed by atoms with Gasteiger partial charge in [-0.15, -0.1) is 0 Å². The van der Waals surface area contributed by atoms with Crippen LogP contribution in [0.25, 0.3) is 5.57 Å². The molecule has 0 fully saturated rings. The van der Waals surface area contributed by atoms with Crippen molar-refractivity contribution in [3.63, 3.8) is 0 Å². The summed E-state index contributed by atoms with van der Waals surface area (Å²) in [4.78, 5) is 30.7. The highest BCUT2D eigenvalue weighted by Gasteiger charge is 2.44. The molecule has 2 amide bonds. The maximum atomic E-state index is 13.7. The Morgan fingerprint density at radius 2 is 1.45 bits per heavy atom. The van der Waals surface area contributed by atoms with Crippen LogP contribution in [0.15, 0.2) is 84.6 Å². The molecule has 0 saturated heterocycles. The van der Waals surface area contributed by atoms with E-state index in [0.29, 0.717) is 29.4 Å². The highest BCUT2D eigenvalue weighted by molar-refractivity contribution is 6.46. The van der Waals surface area contributed by atoms with Crippen molar-refractivity contribution in [2.24, 2.45) is 0 Å².